The zero-order chi connectivity index (χ0) is 5.21. The SMILES string of the molecule is C[Si](C)(C)CCl.[H-].[H-].[Mg+2]. The molecular weight excluding hydrogens is 136 g/mol. The van der Waals surface area contributed by atoms with Gasteiger partial charge in [-0.05, 0) is 0 Å². The molecule has 0 atom stereocenters. The maximum absolute atomic E-state index is 5.54. The molecule has 42 valence electrons. The molecule has 0 bridgehead atoms. The maximum atomic E-state index is 5.54. The summed E-state index contributed by atoms with van der Waals surface area (Å²) in [6, 6.07) is 0. The molecule has 0 saturated carbocycles. The Morgan fingerprint density at radius 2 is 1.57 bits per heavy atom. The van der Waals surface area contributed by atoms with Crippen LogP contribution >= 0.6 is 11.6 Å². The van der Waals surface area contributed by atoms with Crippen LogP contribution in [0, 0.1) is 0 Å². The van der Waals surface area contributed by atoms with Crippen molar-refractivity contribution in [1.82, 2.24) is 0 Å². The van der Waals surface area contributed by atoms with E-state index < -0.39 is 8.07 Å². The average Bonchev–Trinajstić information content (AvgIpc) is 1.35. The first-order chi connectivity index (χ1) is 2.56. The Balaban J connectivity index is -0.0000000417. The van der Waals surface area contributed by atoms with Crippen LogP contribution in [0.5, 0.6) is 0 Å². The van der Waals surface area contributed by atoms with Crippen LogP contribution in [0.1, 0.15) is 2.85 Å². The summed E-state index contributed by atoms with van der Waals surface area (Å²) in [6.45, 7) is 6.75. The van der Waals surface area contributed by atoms with Gasteiger partial charge in [-0.1, -0.05) is 19.6 Å². The number of alkyl halides is 1. The third-order valence-electron chi connectivity index (χ3n) is 0.401. The second-order valence-corrected chi connectivity index (χ2v) is 8.88. The van der Waals surface area contributed by atoms with Crippen molar-refractivity contribution < 1.29 is 2.85 Å². The Kier molecular flexibility index (Phi) is 6.64. The van der Waals surface area contributed by atoms with Crippen LogP contribution in [0.4, 0.5) is 0 Å². The van der Waals surface area contributed by atoms with Crippen molar-refractivity contribution in [2.45, 2.75) is 19.6 Å². The van der Waals surface area contributed by atoms with Crippen molar-refractivity contribution in [3.63, 3.8) is 0 Å². The summed E-state index contributed by atoms with van der Waals surface area (Å²) in [4.78, 5) is 0. The summed E-state index contributed by atoms with van der Waals surface area (Å²) >= 11 is 5.54. The molecule has 0 heterocycles. The van der Waals surface area contributed by atoms with E-state index in [4.69, 9.17) is 11.6 Å². The third kappa shape index (κ3) is 11.1. The van der Waals surface area contributed by atoms with Crippen LogP contribution in [0.3, 0.4) is 0 Å². The van der Waals surface area contributed by atoms with Gasteiger partial charge in [0.1, 0.15) is 0 Å². The van der Waals surface area contributed by atoms with E-state index in [1.165, 1.54) is 0 Å². The van der Waals surface area contributed by atoms with Gasteiger partial charge in [-0.15, -0.1) is 11.6 Å². The smallest absolute Gasteiger partial charge is 1.00 e. The van der Waals surface area contributed by atoms with Crippen molar-refractivity contribution >= 4 is 42.7 Å². The number of halogens is 1. The predicted molar refractivity (Wildman–Crippen MR) is 42.0 cm³/mol. The monoisotopic (exact) mass is 148 g/mol. The quantitative estimate of drug-likeness (QED) is 0.394. The second-order valence-electron chi connectivity index (χ2n) is 2.69. The van der Waals surface area contributed by atoms with E-state index >= 15 is 0 Å². The topological polar surface area (TPSA) is 0 Å². The minimum atomic E-state index is -0.866. The van der Waals surface area contributed by atoms with Gasteiger partial charge < -0.3 is 2.85 Å². The van der Waals surface area contributed by atoms with Crippen molar-refractivity contribution in [3.8, 4) is 0 Å². The summed E-state index contributed by atoms with van der Waals surface area (Å²) in [5.74, 6) is 0. The molecule has 0 fully saturated rings. The zero-order valence-corrected chi connectivity index (χ0v) is 8.46. The first-order valence-electron chi connectivity index (χ1n) is 2.12. The minimum Gasteiger partial charge on any atom is -1.00 e. The van der Waals surface area contributed by atoms with E-state index in [0.29, 0.717) is 0 Å². The summed E-state index contributed by atoms with van der Waals surface area (Å²) in [5, 5.41) is 0. The van der Waals surface area contributed by atoms with Crippen LogP contribution in [-0.2, 0) is 0 Å². The molecule has 0 rings (SSSR count). The van der Waals surface area contributed by atoms with E-state index in [-0.39, 0.29) is 25.9 Å². The van der Waals surface area contributed by atoms with Crippen LogP contribution in [0.25, 0.3) is 0 Å². The second kappa shape index (κ2) is 4.18. The molecular formula is C4H13ClMgSi. The fourth-order valence-corrected chi connectivity index (χ4v) is 0. The molecule has 0 saturated heterocycles. The van der Waals surface area contributed by atoms with Crippen LogP contribution in [0.15, 0.2) is 0 Å². The molecule has 3 heteroatoms. The molecule has 0 unspecified atom stereocenters. The Morgan fingerprint density at radius 3 is 1.57 bits per heavy atom. The van der Waals surface area contributed by atoms with Crippen molar-refractivity contribution in [1.29, 1.82) is 0 Å². The number of rotatable bonds is 1. The Hall–Kier alpha value is 1.27. The molecule has 0 aromatic heterocycles. The van der Waals surface area contributed by atoms with E-state index in [0.717, 1.165) is 5.50 Å². The van der Waals surface area contributed by atoms with E-state index in [9.17, 15) is 0 Å². The van der Waals surface area contributed by atoms with E-state index in [1.807, 2.05) is 0 Å². The van der Waals surface area contributed by atoms with Gasteiger partial charge in [0, 0.05) is 5.50 Å². The molecule has 0 radical (unpaired) electrons. The van der Waals surface area contributed by atoms with Gasteiger partial charge in [0.15, 0.2) is 0 Å². The van der Waals surface area contributed by atoms with Gasteiger partial charge in [-0.3, -0.25) is 0 Å². The van der Waals surface area contributed by atoms with Gasteiger partial charge in [0.05, 0.1) is 8.07 Å². The predicted octanol–water partition coefficient (Wildman–Crippen LogP) is 1.95. The Morgan fingerprint density at radius 1 is 1.43 bits per heavy atom. The minimum absolute atomic E-state index is 0. The third-order valence-corrected chi connectivity index (χ3v) is 3.61. The molecule has 0 aromatic rings. The largest absolute Gasteiger partial charge is 2.00 e. The first kappa shape index (κ1) is 11.1. The van der Waals surface area contributed by atoms with Crippen molar-refractivity contribution in [3.05, 3.63) is 0 Å². The summed E-state index contributed by atoms with van der Waals surface area (Å²) in [6.07, 6.45) is 0. The molecule has 0 aliphatic carbocycles. The standard InChI is InChI=1S/C4H11ClSi.Mg.2H/c1-6(2,3)4-5;;;/h4H2,1-3H3;;;/q;+2;2*-1. The summed E-state index contributed by atoms with van der Waals surface area (Å²) in [5.41, 5.74) is 0.882. The molecule has 0 amide bonds. The molecule has 0 nitrogen and oxygen atoms in total. The summed E-state index contributed by atoms with van der Waals surface area (Å²) in [7, 11) is -0.866. The van der Waals surface area contributed by atoms with Crippen LogP contribution in [-0.4, -0.2) is 36.6 Å². The van der Waals surface area contributed by atoms with E-state index in [1.54, 1.807) is 0 Å². The van der Waals surface area contributed by atoms with E-state index in [2.05, 4.69) is 19.6 Å². The van der Waals surface area contributed by atoms with Gasteiger partial charge in [0.25, 0.3) is 0 Å². The zero-order valence-electron chi connectivity index (χ0n) is 7.29. The average molecular weight is 149 g/mol. The van der Waals surface area contributed by atoms with Crippen molar-refractivity contribution in [2.75, 3.05) is 5.50 Å². The molecule has 7 heavy (non-hydrogen) atoms. The van der Waals surface area contributed by atoms with Gasteiger partial charge in [0.2, 0.25) is 0 Å². The van der Waals surface area contributed by atoms with Crippen LogP contribution in [0.2, 0.25) is 19.6 Å². The fourth-order valence-electron chi connectivity index (χ4n) is 0. The molecule has 0 aliphatic rings. The number of hydrogen-bond acceptors (Lipinski definition) is 0. The van der Waals surface area contributed by atoms with Gasteiger partial charge >= 0.3 is 23.1 Å². The first-order valence-corrected chi connectivity index (χ1v) is 6.36. The number of hydrogen-bond donors (Lipinski definition) is 0. The Bertz CT molecular complexity index is 48.3. The molecule has 0 N–H and O–H groups in total. The Labute approximate surface area is 70.8 Å². The molecule has 0 aliphatic heterocycles. The van der Waals surface area contributed by atoms with Crippen LogP contribution < -0.4 is 0 Å². The summed E-state index contributed by atoms with van der Waals surface area (Å²) < 4.78 is 0. The maximum Gasteiger partial charge on any atom is 2.00 e. The molecule has 0 spiro atoms. The van der Waals surface area contributed by atoms with Gasteiger partial charge in [-0.25, -0.2) is 0 Å². The van der Waals surface area contributed by atoms with Crippen molar-refractivity contribution in [2.24, 2.45) is 0 Å². The van der Waals surface area contributed by atoms with Gasteiger partial charge in [-0.2, -0.15) is 0 Å². The molecule has 0 aromatic carbocycles. The fraction of sp³-hybridized carbons (Fsp3) is 1.00. The normalized spacial score (nSPS) is 10.3.